The second-order valence-corrected chi connectivity index (χ2v) is 3.84. The first kappa shape index (κ1) is 12.2. The maximum absolute atomic E-state index is 11.6. The average molecular weight is 222 g/mol. The summed E-state index contributed by atoms with van der Waals surface area (Å²) in [7, 11) is 0. The van der Waals surface area contributed by atoms with E-state index in [1.54, 1.807) is 0 Å². The number of rotatable bonds is 4. The number of carbonyl (C=O) groups is 2. The molecule has 0 saturated heterocycles. The van der Waals surface area contributed by atoms with Gasteiger partial charge in [-0.25, -0.2) is 4.79 Å². The van der Waals surface area contributed by atoms with Gasteiger partial charge in [0, 0.05) is 12.7 Å². The van der Waals surface area contributed by atoms with Crippen LogP contribution >= 0.6 is 0 Å². The molecule has 5 nitrogen and oxygen atoms in total. The van der Waals surface area contributed by atoms with E-state index in [0.29, 0.717) is 12.5 Å². The predicted octanol–water partition coefficient (Wildman–Crippen LogP) is 1.17. The Bertz CT molecular complexity index is 402. The molecule has 1 rings (SSSR count). The monoisotopic (exact) mass is 222 g/mol. The summed E-state index contributed by atoms with van der Waals surface area (Å²) in [5.41, 5.74) is 0.185. The molecule has 2 N–H and O–H groups in total. The number of aromatic carboxylic acids is 1. The maximum Gasteiger partial charge on any atom is 0.335 e. The van der Waals surface area contributed by atoms with Crippen molar-refractivity contribution in [1.82, 2.24) is 10.3 Å². The third-order valence-corrected chi connectivity index (χ3v) is 1.91. The topological polar surface area (TPSA) is 79.3 Å². The molecule has 1 heterocycles. The van der Waals surface area contributed by atoms with Crippen LogP contribution in [0, 0.1) is 5.92 Å². The van der Waals surface area contributed by atoms with Gasteiger partial charge in [0.2, 0.25) is 0 Å². The van der Waals surface area contributed by atoms with E-state index in [1.165, 1.54) is 18.3 Å². The Morgan fingerprint density at radius 3 is 2.75 bits per heavy atom. The Morgan fingerprint density at radius 1 is 1.50 bits per heavy atom. The molecular weight excluding hydrogens is 208 g/mol. The standard InChI is InChI=1S/C11H14N2O3/c1-7(2)6-13-10(14)9-5-8(11(15)16)3-4-12-9/h3-5,7H,6H2,1-2H3,(H,13,14)(H,15,16). The van der Waals surface area contributed by atoms with Gasteiger partial charge in [-0.2, -0.15) is 0 Å². The molecule has 0 unspecified atom stereocenters. The summed E-state index contributed by atoms with van der Waals surface area (Å²) in [6.07, 6.45) is 1.31. The van der Waals surface area contributed by atoms with E-state index in [0.717, 1.165) is 0 Å². The number of nitrogens with one attached hydrogen (secondary N) is 1. The van der Waals surface area contributed by atoms with Crippen LogP contribution in [0.1, 0.15) is 34.7 Å². The molecule has 1 aromatic rings. The van der Waals surface area contributed by atoms with E-state index in [2.05, 4.69) is 10.3 Å². The van der Waals surface area contributed by atoms with Crippen LogP contribution in [-0.2, 0) is 0 Å². The molecule has 0 radical (unpaired) electrons. The van der Waals surface area contributed by atoms with Crippen molar-refractivity contribution in [2.24, 2.45) is 5.92 Å². The number of carboxylic acids is 1. The Morgan fingerprint density at radius 2 is 2.19 bits per heavy atom. The van der Waals surface area contributed by atoms with E-state index < -0.39 is 5.97 Å². The van der Waals surface area contributed by atoms with Gasteiger partial charge in [0.05, 0.1) is 5.56 Å². The lowest BCUT2D eigenvalue weighted by molar-refractivity contribution is 0.0696. The quantitative estimate of drug-likeness (QED) is 0.801. The van der Waals surface area contributed by atoms with Gasteiger partial charge in [0.15, 0.2) is 0 Å². The molecule has 0 aliphatic carbocycles. The van der Waals surface area contributed by atoms with E-state index >= 15 is 0 Å². The second kappa shape index (κ2) is 5.25. The molecule has 1 aromatic heterocycles. The molecule has 0 spiro atoms. The summed E-state index contributed by atoms with van der Waals surface area (Å²) in [6.45, 7) is 4.49. The predicted molar refractivity (Wildman–Crippen MR) is 58.4 cm³/mol. The highest BCUT2D eigenvalue weighted by Crippen LogP contribution is 2.02. The fourth-order valence-corrected chi connectivity index (χ4v) is 1.08. The third-order valence-electron chi connectivity index (χ3n) is 1.91. The lowest BCUT2D eigenvalue weighted by atomic mass is 10.2. The molecule has 0 fully saturated rings. The molecule has 0 aromatic carbocycles. The number of amides is 1. The van der Waals surface area contributed by atoms with Gasteiger partial charge in [-0.05, 0) is 18.1 Å². The molecular formula is C11H14N2O3. The average Bonchev–Trinajstić information content (AvgIpc) is 2.26. The van der Waals surface area contributed by atoms with Crippen LogP contribution in [0.3, 0.4) is 0 Å². The van der Waals surface area contributed by atoms with Crippen LogP contribution in [0.25, 0.3) is 0 Å². The molecule has 0 atom stereocenters. The van der Waals surface area contributed by atoms with E-state index in [1.807, 2.05) is 13.8 Å². The van der Waals surface area contributed by atoms with Gasteiger partial charge in [-0.3, -0.25) is 9.78 Å². The van der Waals surface area contributed by atoms with Gasteiger partial charge in [0.1, 0.15) is 5.69 Å². The van der Waals surface area contributed by atoms with Gasteiger partial charge < -0.3 is 10.4 Å². The minimum absolute atomic E-state index is 0.0599. The summed E-state index contributed by atoms with van der Waals surface area (Å²) >= 11 is 0. The molecule has 0 saturated carbocycles. The van der Waals surface area contributed by atoms with Gasteiger partial charge in [-0.15, -0.1) is 0 Å². The van der Waals surface area contributed by atoms with Crippen molar-refractivity contribution < 1.29 is 14.7 Å². The van der Waals surface area contributed by atoms with Crippen molar-refractivity contribution in [2.75, 3.05) is 6.54 Å². The van der Waals surface area contributed by atoms with Crippen LogP contribution in [0.5, 0.6) is 0 Å². The first-order chi connectivity index (χ1) is 7.50. The molecule has 16 heavy (non-hydrogen) atoms. The highest BCUT2D eigenvalue weighted by atomic mass is 16.4. The SMILES string of the molecule is CC(C)CNC(=O)c1cc(C(=O)O)ccn1. The molecule has 0 aliphatic heterocycles. The first-order valence-electron chi connectivity index (χ1n) is 4.98. The van der Waals surface area contributed by atoms with Gasteiger partial charge in [0.25, 0.3) is 5.91 Å². The number of hydrogen-bond acceptors (Lipinski definition) is 3. The zero-order chi connectivity index (χ0) is 12.1. The molecule has 5 heteroatoms. The number of carboxylic acid groups (broad SMARTS) is 1. The summed E-state index contributed by atoms with van der Waals surface area (Å²) in [4.78, 5) is 26.1. The summed E-state index contributed by atoms with van der Waals surface area (Å²) in [5, 5.41) is 11.4. The number of pyridine rings is 1. The highest BCUT2D eigenvalue weighted by molar-refractivity contribution is 5.95. The zero-order valence-corrected chi connectivity index (χ0v) is 9.23. The van der Waals surface area contributed by atoms with Crippen molar-refractivity contribution in [2.45, 2.75) is 13.8 Å². The Balaban J connectivity index is 2.76. The lowest BCUT2D eigenvalue weighted by Crippen LogP contribution is -2.28. The normalized spacial score (nSPS) is 10.2. The number of carbonyl (C=O) groups excluding carboxylic acids is 1. The lowest BCUT2D eigenvalue weighted by Gasteiger charge is -2.07. The Labute approximate surface area is 93.5 Å². The van der Waals surface area contributed by atoms with Gasteiger partial charge >= 0.3 is 5.97 Å². The highest BCUT2D eigenvalue weighted by Gasteiger charge is 2.10. The van der Waals surface area contributed by atoms with Crippen molar-refractivity contribution in [3.63, 3.8) is 0 Å². The summed E-state index contributed by atoms with van der Waals surface area (Å²) in [5.74, 6) is -1.08. The van der Waals surface area contributed by atoms with Crippen molar-refractivity contribution in [3.8, 4) is 0 Å². The summed E-state index contributed by atoms with van der Waals surface area (Å²) < 4.78 is 0. The number of aromatic nitrogens is 1. The third kappa shape index (κ3) is 3.34. The number of nitrogens with zero attached hydrogens (tertiary/aromatic N) is 1. The largest absolute Gasteiger partial charge is 0.478 e. The second-order valence-electron chi connectivity index (χ2n) is 3.84. The maximum atomic E-state index is 11.6. The van der Waals surface area contributed by atoms with Crippen LogP contribution in [0.15, 0.2) is 18.3 Å². The Hall–Kier alpha value is -1.91. The molecule has 0 bridgehead atoms. The van der Waals surface area contributed by atoms with Crippen LogP contribution < -0.4 is 5.32 Å². The van der Waals surface area contributed by atoms with Crippen LogP contribution in [0.4, 0.5) is 0 Å². The fraction of sp³-hybridized carbons (Fsp3) is 0.364. The summed E-state index contributed by atoms with van der Waals surface area (Å²) in [6, 6.07) is 2.61. The minimum atomic E-state index is -1.07. The zero-order valence-electron chi connectivity index (χ0n) is 9.23. The van der Waals surface area contributed by atoms with E-state index in [9.17, 15) is 9.59 Å². The van der Waals surface area contributed by atoms with Crippen LogP contribution in [0.2, 0.25) is 0 Å². The van der Waals surface area contributed by atoms with Crippen molar-refractivity contribution in [3.05, 3.63) is 29.6 Å². The molecule has 86 valence electrons. The fourth-order valence-electron chi connectivity index (χ4n) is 1.08. The Kier molecular flexibility index (Phi) is 3.99. The van der Waals surface area contributed by atoms with Crippen molar-refractivity contribution in [1.29, 1.82) is 0 Å². The minimum Gasteiger partial charge on any atom is -0.478 e. The first-order valence-corrected chi connectivity index (χ1v) is 4.98. The van der Waals surface area contributed by atoms with E-state index in [-0.39, 0.29) is 17.2 Å². The van der Waals surface area contributed by atoms with Crippen LogP contribution in [-0.4, -0.2) is 28.5 Å². The smallest absolute Gasteiger partial charge is 0.335 e. The van der Waals surface area contributed by atoms with Crippen molar-refractivity contribution >= 4 is 11.9 Å². The molecule has 0 aliphatic rings. The van der Waals surface area contributed by atoms with Gasteiger partial charge in [-0.1, -0.05) is 13.8 Å². The molecule has 1 amide bonds. The van der Waals surface area contributed by atoms with E-state index in [4.69, 9.17) is 5.11 Å². The number of hydrogen-bond donors (Lipinski definition) is 2.